The maximum absolute atomic E-state index is 4.15. The summed E-state index contributed by atoms with van der Waals surface area (Å²) in [4.78, 5) is 0. The monoisotopic (exact) mass is 806 g/mol. The summed E-state index contributed by atoms with van der Waals surface area (Å²) in [5, 5.41) is 5.27. The average Bonchev–Trinajstić information content (AvgIpc) is 3.06. The summed E-state index contributed by atoms with van der Waals surface area (Å²) in [5.41, 5.74) is 2.47. The Morgan fingerprint density at radius 3 is 1.05 bits per heavy atom. The van der Waals surface area contributed by atoms with Crippen molar-refractivity contribution < 1.29 is 0 Å². The van der Waals surface area contributed by atoms with Gasteiger partial charge in [-0.15, -0.1) is 0 Å². The number of rotatable bonds is 18. The number of benzene rings is 3. The summed E-state index contributed by atoms with van der Waals surface area (Å²) in [6.07, 6.45) is 15.9. The van der Waals surface area contributed by atoms with Gasteiger partial charge in [0.15, 0.2) is 0 Å². The van der Waals surface area contributed by atoms with Crippen LogP contribution in [0, 0.1) is 19.7 Å². The van der Waals surface area contributed by atoms with Gasteiger partial charge < -0.3 is 0 Å². The standard InChI is InChI=1S/C18H8.6C4H9.2Sn/c1-3-13-7-5-9-15-11-16-10-6-8-14(4-2)18(16)12-17(13)15;6*1-3-4-2;;/h5-12H;6*1,3-4H2,2H3;;. The quantitative estimate of drug-likeness (QED) is 0.0683. The van der Waals surface area contributed by atoms with Gasteiger partial charge in [0.25, 0.3) is 0 Å². The molecule has 3 aromatic rings. The fourth-order valence-corrected chi connectivity index (χ4v) is 33.2. The van der Waals surface area contributed by atoms with Crippen LogP contribution in [0.15, 0.2) is 48.5 Å². The Morgan fingerprint density at radius 1 is 0.432 bits per heavy atom. The van der Waals surface area contributed by atoms with Crippen molar-refractivity contribution in [3.8, 4) is 19.7 Å². The van der Waals surface area contributed by atoms with Gasteiger partial charge in [0, 0.05) is 0 Å². The Hall–Kier alpha value is -1.10. The first-order chi connectivity index (χ1) is 21.5. The second kappa shape index (κ2) is 20.2. The van der Waals surface area contributed by atoms with Crippen LogP contribution in [0.3, 0.4) is 0 Å². The van der Waals surface area contributed by atoms with Crippen molar-refractivity contribution in [3.05, 3.63) is 59.7 Å². The SMILES string of the molecule is CCC[CH2][Sn]([C]#Cc1cccc2cc3cccc(C#[C][Sn]([CH2]CCC)([CH2]CCC)[CH2]CCC)c3cc12)([CH2]CCC)[CH2]CCC. The Bertz CT molecular complexity index is 1260. The molecule has 238 valence electrons. The molecule has 0 bridgehead atoms. The van der Waals surface area contributed by atoms with Gasteiger partial charge in [-0.05, 0) is 0 Å². The topological polar surface area (TPSA) is 0 Å². The molecule has 0 fully saturated rings. The van der Waals surface area contributed by atoms with E-state index in [0.29, 0.717) is 0 Å². The van der Waals surface area contributed by atoms with Crippen LogP contribution in [0.5, 0.6) is 0 Å². The van der Waals surface area contributed by atoms with Gasteiger partial charge in [-0.3, -0.25) is 0 Å². The van der Waals surface area contributed by atoms with Crippen LogP contribution in [-0.2, 0) is 0 Å². The Labute approximate surface area is 280 Å². The number of hydrogen-bond acceptors (Lipinski definition) is 0. The third-order valence-electron chi connectivity index (χ3n) is 9.86. The molecule has 0 aromatic heterocycles. The summed E-state index contributed by atoms with van der Waals surface area (Å²) >= 11 is -5.10. The molecule has 0 saturated carbocycles. The number of hydrogen-bond donors (Lipinski definition) is 0. The van der Waals surface area contributed by atoms with Gasteiger partial charge >= 0.3 is 283 Å². The molecule has 3 aromatic carbocycles. The van der Waals surface area contributed by atoms with E-state index < -0.39 is 36.8 Å². The molecular weight excluding hydrogens is 742 g/mol. The van der Waals surface area contributed by atoms with E-state index in [1.807, 2.05) is 0 Å². The van der Waals surface area contributed by atoms with Crippen molar-refractivity contribution >= 4 is 58.3 Å². The number of unbranched alkanes of at least 4 members (excludes halogenated alkanes) is 6. The van der Waals surface area contributed by atoms with Gasteiger partial charge in [-0.25, -0.2) is 0 Å². The van der Waals surface area contributed by atoms with Crippen LogP contribution in [0.4, 0.5) is 0 Å². The third kappa shape index (κ3) is 11.0. The molecule has 0 aliphatic carbocycles. The Kier molecular flexibility index (Phi) is 17.2. The van der Waals surface area contributed by atoms with Gasteiger partial charge in [0.2, 0.25) is 0 Å². The molecule has 0 saturated heterocycles. The predicted molar refractivity (Wildman–Crippen MR) is 205 cm³/mol. The first kappa shape index (κ1) is 37.4. The van der Waals surface area contributed by atoms with Crippen LogP contribution in [0.1, 0.15) is 130 Å². The molecule has 0 amide bonds. The molecule has 0 radical (unpaired) electrons. The first-order valence-electron chi connectivity index (χ1n) is 18.5. The van der Waals surface area contributed by atoms with E-state index >= 15 is 0 Å². The molecule has 44 heavy (non-hydrogen) atoms. The van der Waals surface area contributed by atoms with Crippen molar-refractivity contribution in [1.82, 2.24) is 0 Å². The van der Waals surface area contributed by atoms with Crippen molar-refractivity contribution in [1.29, 1.82) is 0 Å². The van der Waals surface area contributed by atoms with E-state index in [9.17, 15) is 0 Å². The zero-order chi connectivity index (χ0) is 31.7. The van der Waals surface area contributed by atoms with E-state index in [1.54, 1.807) is 0 Å². The van der Waals surface area contributed by atoms with Crippen LogP contribution < -0.4 is 0 Å². The molecule has 0 heterocycles. The minimum absolute atomic E-state index is 1.24. The fraction of sp³-hybridized carbons (Fsp3) is 0.571. The van der Waals surface area contributed by atoms with E-state index in [0.717, 1.165) is 0 Å². The maximum atomic E-state index is 4.15. The van der Waals surface area contributed by atoms with Crippen LogP contribution in [-0.4, -0.2) is 36.8 Å². The summed E-state index contributed by atoms with van der Waals surface area (Å²) in [5.74, 6) is 7.77. The van der Waals surface area contributed by atoms with Crippen molar-refractivity contribution in [2.45, 2.75) is 145 Å². The zero-order valence-electron chi connectivity index (χ0n) is 29.3. The minimum atomic E-state index is -2.55. The first-order valence-corrected chi connectivity index (χ1v) is 33.5. The van der Waals surface area contributed by atoms with E-state index in [2.05, 4.69) is 110 Å². The molecule has 0 N–H and O–H groups in total. The predicted octanol–water partition coefficient (Wildman–Crippen LogP) is 13.5. The fourth-order valence-electron chi connectivity index (χ4n) is 6.89. The van der Waals surface area contributed by atoms with Crippen molar-refractivity contribution in [2.75, 3.05) is 0 Å². The summed E-state index contributed by atoms with van der Waals surface area (Å²) in [6.45, 7) is 14.1. The second-order valence-corrected chi connectivity index (χ2v) is 38.2. The molecule has 0 aliphatic rings. The normalized spacial score (nSPS) is 11.8. The summed E-state index contributed by atoms with van der Waals surface area (Å²) in [7, 11) is 0. The van der Waals surface area contributed by atoms with E-state index in [4.69, 9.17) is 0 Å². The van der Waals surface area contributed by atoms with Gasteiger partial charge in [0.05, 0.1) is 0 Å². The average molecular weight is 804 g/mol. The molecule has 0 aliphatic heterocycles. The summed E-state index contributed by atoms with van der Waals surface area (Å²) < 4.78 is 16.9. The molecule has 3 rings (SSSR count). The van der Waals surface area contributed by atoms with E-state index in [-0.39, 0.29) is 0 Å². The van der Waals surface area contributed by atoms with Crippen LogP contribution in [0.25, 0.3) is 21.5 Å². The van der Waals surface area contributed by atoms with Crippen molar-refractivity contribution in [3.63, 3.8) is 0 Å². The molecular formula is C42H62Sn2. The molecule has 0 atom stereocenters. The van der Waals surface area contributed by atoms with Crippen LogP contribution in [0.2, 0.25) is 26.6 Å². The molecule has 0 unspecified atom stereocenters. The van der Waals surface area contributed by atoms with Crippen LogP contribution >= 0.6 is 0 Å². The summed E-state index contributed by atoms with van der Waals surface area (Å²) in [6, 6.07) is 18.4. The van der Waals surface area contributed by atoms with Gasteiger partial charge in [-0.2, -0.15) is 0 Å². The third-order valence-corrected chi connectivity index (χ3v) is 36.0. The Balaban J connectivity index is 2.14. The second-order valence-electron chi connectivity index (χ2n) is 13.6. The molecule has 0 nitrogen and oxygen atoms in total. The van der Waals surface area contributed by atoms with E-state index in [1.165, 1.54) is 136 Å². The van der Waals surface area contributed by atoms with Crippen molar-refractivity contribution in [2.24, 2.45) is 0 Å². The molecule has 0 spiro atoms. The zero-order valence-corrected chi connectivity index (χ0v) is 35.1. The van der Waals surface area contributed by atoms with Gasteiger partial charge in [-0.1, -0.05) is 0 Å². The molecule has 2 heteroatoms. The van der Waals surface area contributed by atoms with Gasteiger partial charge in [0.1, 0.15) is 0 Å². The number of fused-ring (bicyclic) bond motifs is 2. The Morgan fingerprint density at radius 2 is 0.750 bits per heavy atom.